The number of nitrogens with two attached hydrogens (primary N) is 1. The van der Waals surface area contributed by atoms with Gasteiger partial charge in [-0.2, -0.15) is 0 Å². The van der Waals surface area contributed by atoms with Gasteiger partial charge in [0.2, 0.25) is 0 Å². The van der Waals surface area contributed by atoms with E-state index in [0.717, 1.165) is 17.9 Å². The third-order valence-electron chi connectivity index (χ3n) is 2.37. The summed E-state index contributed by atoms with van der Waals surface area (Å²) in [5.41, 5.74) is 7.08. The SMILES string of the molecule is Cc1cccnc1NCC(N)C(C)C. The Morgan fingerprint density at radius 3 is 2.79 bits per heavy atom. The van der Waals surface area contributed by atoms with Gasteiger partial charge in [-0.25, -0.2) is 4.98 Å². The summed E-state index contributed by atoms with van der Waals surface area (Å²) in [6.45, 7) is 7.06. The maximum Gasteiger partial charge on any atom is 0.128 e. The van der Waals surface area contributed by atoms with Gasteiger partial charge in [-0.05, 0) is 24.5 Å². The second-order valence-electron chi connectivity index (χ2n) is 3.96. The summed E-state index contributed by atoms with van der Waals surface area (Å²) in [4.78, 5) is 4.24. The molecule has 0 fully saturated rings. The van der Waals surface area contributed by atoms with Crippen LogP contribution in [0.4, 0.5) is 5.82 Å². The first kappa shape index (κ1) is 11.0. The van der Waals surface area contributed by atoms with Gasteiger partial charge in [0, 0.05) is 18.8 Å². The molecule has 0 spiro atoms. The van der Waals surface area contributed by atoms with Gasteiger partial charge >= 0.3 is 0 Å². The number of nitrogens with zero attached hydrogens (tertiary/aromatic N) is 1. The van der Waals surface area contributed by atoms with Gasteiger partial charge in [-0.3, -0.25) is 0 Å². The van der Waals surface area contributed by atoms with Gasteiger partial charge in [-0.1, -0.05) is 19.9 Å². The standard InChI is InChI=1S/C11H19N3/c1-8(2)10(12)7-14-11-9(3)5-4-6-13-11/h4-6,8,10H,7,12H2,1-3H3,(H,13,14). The van der Waals surface area contributed by atoms with Crippen molar-refractivity contribution < 1.29 is 0 Å². The van der Waals surface area contributed by atoms with Crippen LogP contribution >= 0.6 is 0 Å². The fourth-order valence-electron chi connectivity index (χ4n) is 1.12. The van der Waals surface area contributed by atoms with E-state index < -0.39 is 0 Å². The van der Waals surface area contributed by atoms with Gasteiger partial charge < -0.3 is 11.1 Å². The summed E-state index contributed by atoms with van der Waals surface area (Å²) >= 11 is 0. The van der Waals surface area contributed by atoms with Crippen LogP contribution in [0, 0.1) is 12.8 Å². The molecule has 0 saturated carbocycles. The van der Waals surface area contributed by atoms with E-state index in [1.807, 2.05) is 19.1 Å². The topological polar surface area (TPSA) is 50.9 Å². The molecule has 3 N–H and O–H groups in total. The molecular formula is C11H19N3. The van der Waals surface area contributed by atoms with Crippen LogP contribution < -0.4 is 11.1 Å². The van der Waals surface area contributed by atoms with Crippen molar-refractivity contribution in [2.75, 3.05) is 11.9 Å². The molecule has 0 saturated heterocycles. The molecule has 1 rings (SSSR count). The van der Waals surface area contributed by atoms with Crippen molar-refractivity contribution in [3.05, 3.63) is 23.9 Å². The first-order valence-corrected chi connectivity index (χ1v) is 5.02. The highest BCUT2D eigenvalue weighted by Crippen LogP contribution is 2.09. The lowest BCUT2D eigenvalue weighted by Crippen LogP contribution is -2.34. The van der Waals surface area contributed by atoms with Crippen LogP contribution in [0.15, 0.2) is 18.3 Å². The maximum atomic E-state index is 5.92. The average Bonchev–Trinajstić information content (AvgIpc) is 2.16. The van der Waals surface area contributed by atoms with E-state index >= 15 is 0 Å². The van der Waals surface area contributed by atoms with Crippen molar-refractivity contribution >= 4 is 5.82 Å². The van der Waals surface area contributed by atoms with E-state index in [1.54, 1.807) is 6.20 Å². The van der Waals surface area contributed by atoms with E-state index in [0.29, 0.717) is 5.92 Å². The molecule has 1 heterocycles. The Bertz CT molecular complexity index is 284. The van der Waals surface area contributed by atoms with Crippen molar-refractivity contribution in [3.8, 4) is 0 Å². The largest absolute Gasteiger partial charge is 0.368 e. The number of aryl methyl sites for hydroxylation is 1. The third kappa shape index (κ3) is 3.00. The smallest absolute Gasteiger partial charge is 0.128 e. The van der Waals surface area contributed by atoms with E-state index in [4.69, 9.17) is 5.73 Å². The summed E-state index contributed by atoms with van der Waals surface area (Å²) in [7, 11) is 0. The normalized spacial score (nSPS) is 12.9. The van der Waals surface area contributed by atoms with Gasteiger partial charge in [0.1, 0.15) is 5.82 Å². The third-order valence-corrected chi connectivity index (χ3v) is 2.37. The number of anilines is 1. The fraction of sp³-hybridized carbons (Fsp3) is 0.545. The predicted octanol–water partition coefficient (Wildman–Crippen LogP) is 1.79. The van der Waals surface area contributed by atoms with E-state index in [1.165, 1.54) is 0 Å². The number of nitrogens with one attached hydrogen (secondary N) is 1. The second kappa shape index (κ2) is 4.96. The van der Waals surface area contributed by atoms with Gasteiger partial charge in [0.25, 0.3) is 0 Å². The molecule has 1 aromatic rings. The van der Waals surface area contributed by atoms with Crippen molar-refractivity contribution in [2.24, 2.45) is 11.7 Å². The van der Waals surface area contributed by atoms with Crippen LogP contribution in [0.2, 0.25) is 0 Å². The van der Waals surface area contributed by atoms with Crippen LogP contribution in [-0.2, 0) is 0 Å². The van der Waals surface area contributed by atoms with Crippen molar-refractivity contribution in [2.45, 2.75) is 26.8 Å². The van der Waals surface area contributed by atoms with E-state index in [9.17, 15) is 0 Å². The lowest BCUT2D eigenvalue weighted by Gasteiger charge is -2.17. The molecule has 78 valence electrons. The lowest BCUT2D eigenvalue weighted by atomic mass is 10.1. The number of rotatable bonds is 4. The molecule has 0 aromatic carbocycles. The van der Waals surface area contributed by atoms with Crippen LogP contribution in [0.25, 0.3) is 0 Å². The van der Waals surface area contributed by atoms with Crippen molar-refractivity contribution in [1.82, 2.24) is 4.98 Å². The Labute approximate surface area is 85.7 Å². The van der Waals surface area contributed by atoms with E-state index in [2.05, 4.69) is 24.1 Å². The highest BCUT2D eigenvalue weighted by atomic mass is 15.0. The quantitative estimate of drug-likeness (QED) is 0.766. The highest BCUT2D eigenvalue weighted by molar-refractivity contribution is 5.42. The summed E-state index contributed by atoms with van der Waals surface area (Å²) in [5, 5.41) is 3.26. The zero-order chi connectivity index (χ0) is 10.6. The highest BCUT2D eigenvalue weighted by Gasteiger charge is 2.07. The van der Waals surface area contributed by atoms with Crippen molar-refractivity contribution in [3.63, 3.8) is 0 Å². The Kier molecular flexibility index (Phi) is 3.89. The molecule has 0 aliphatic heterocycles. The summed E-state index contributed by atoms with van der Waals surface area (Å²) in [5.74, 6) is 1.43. The molecule has 1 atom stereocenters. The fourth-order valence-corrected chi connectivity index (χ4v) is 1.12. The molecule has 1 aromatic heterocycles. The average molecular weight is 193 g/mol. The van der Waals surface area contributed by atoms with E-state index in [-0.39, 0.29) is 6.04 Å². The molecule has 1 unspecified atom stereocenters. The van der Waals surface area contributed by atoms with Gasteiger partial charge in [0.05, 0.1) is 0 Å². The second-order valence-corrected chi connectivity index (χ2v) is 3.96. The van der Waals surface area contributed by atoms with Gasteiger partial charge in [0.15, 0.2) is 0 Å². The zero-order valence-corrected chi connectivity index (χ0v) is 9.12. The lowest BCUT2D eigenvalue weighted by molar-refractivity contribution is 0.511. The Hall–Kier alpha value is -1.09. The van der Waals surface area contributed by atoms with Crippen LogP contribution in [0.3, 0.4) is 0 Å². The minimum atomic E-state index is 0.177. The first-order chi connectivity index (χ1) is 6.61. The summed E-state index contributed by atoms with van der Waals surface area (Å²) in [6.07, 6.45) is 1.79. The number of pyridine rings is 1. The molecule has 0 bridgehead atoms. The minimum absolute atomic E-state index is 0.177. The Balaban J connectivity index is 2.50. The number of hydrogen-bond donors (Lipinski definition) is 2. The molecular weight excluding hydrogens is 174 g/mol. The molecule has 0 aliphatic carbocycles. The summed E-state index contributed by atoms with van der Waals surface area (Å²) < 4.78 is 0. The number of aromatic nitrogens is 1. The maximum absolute atomic E-state index is 5.92. The molecule has 0 aliphatic rings. The number of hydrogen-bond acceptors (Lipinski definition) is 3. The molecule has 3 heteroatoms. The first-order valence-electron chi connectivity index (χ1n) is 5.02. The molecule has 0 amide bonds. The molecule has 3 nitrogen and oxygen atoms in total. The van der Waals surface area contributed by atoms with Crippen LogP contribution in [-0.4, -0.2) is 17.6 Å². The summed E-state index contributed by atoms with van der Waals surface area (Å²) in [6, 6.07) is 4.15. The Morgan fingerprint density at radius 1 is 1.50 bits per heavy atom. The van der Waals surface area contributed by atoms with Crippen LogP contribution in [0.1, 0.15) is 19.4 Å². The predicted molar refractivity (Wildman–Crippen MR) is 60.3 cm³/mol. The van der Waals surface area contributed by atoms with Gasteiger partial charge in [-0.15, -0.1) is 0 Å². The van der Waals surface area contributed by atoms with Crippen LogP contribution in [0.5, 0.6) is 0 Å². The monoisotopic (exact) mass is 193 g/mol. The van der Waals surface area contributed by atoms with Crippen molar-refractivity contribution in [1.29, 1.82) is 0 Å². The minimum Gasteiger partial charge on any atom is -0.368 e. The Morgan fingerprint density at radius 2 is 2.21 bits per heavy atom. The molecule has 0 radical (unpaired) electrons. The zero-order valence-electron chi connectivity index (χ0n) is 9.12. The molecule has 14 heavy (non-hydrogen) atoms.